The van der Waals surface area contributed by atoms with E-state index in [0.29, 0.717) is 13.0 Å². The zero-order valence-corrected chi connectivity index (χ0v) is 12.4. The fourth-order valence-electron chi connectivity index (χ4n) is 1.41. The van der Waals surface area contributed by atoms with Gasteiger partial charge in [-0.25, -0.2) is 0 Å². The molecule has 0 radical (unpaired) electrons. The Labute approximate surface area is 115 Å². The molecule has 0 spiro atoms. The van der Waals surface area contributed by atoms with Crippen LogP contribution >= 0.6 is 0 Å². The highest BCUT2D eigenvalue weighted by Gasteiger charge is 2.23. The van der Waals surface area contributed by atoms with Gasteiger partial charge in [-0.3, -0.25) is 0 Å². The van der Waals surface area contributed by atoms with Crippen molar-refractivity contribution in [3.05, 3.63) is 0 Å². The zero-order chi connectivity index (χ0) is 14.7. The lowest BCUT2D eigenvalue weighted by Crippen LogP contribution is -2.38. The molecule has 6 heteroatoms. The summed E-state index contributed by atoms with van der Waals surface area (Å²) in [5.41, 5.74) is 0. The van der Waals surface area contributed by atoms with Gasteiger partial charge >= 0.3 is 0 Å². The first-order valence-electron chi connectivity index (χ1n) is 6.83. The molecule has 0 aliphatic rings. The molecular formula is C13H28O6. The first-order valence-corrected chi connectivity index (χ1v) is 6.83. The molecule has 0 aromatic carbocycles. The second-order valence-corrected chi connectivity index (χ2v) is 4.26. The molecule has 0 amide bonds. The van der Waals surface area contributed by atoms with Crippen molar-refractivity contribution in [2.45, 2.75) is 65.0 Å². The molecule has 4 atom stereocenters. The quantitative estimate of drug-likeness (QED) is 0.414. The van der Waals surface area contributed by atoms with E-state index < -0.39 is 25.0 Å². The summed E-state index contributed by atoms with van der Waals surface area (Å²) in [6.45, 7) is 5.88. The average Bonchev–Trinajstić information content (AvgIpc) is 2.42. The molecule has 4 unspecified atom stereocenters. The van der Waals surface area contributed by atoms with Crippen LogP contribution in [0.25, 0.3) is 0 Å². The number of aliphatic hydroxyl groups is 2. The molecule has 6 nitrogen and oxygen atoms in total. The minimum Gasteiger partial charge on any atom is -0.391 e. The molecule has 0 aliphatic heterocycles. The van der Waals surface area contributed by atoms with Crippen molar-refractivity contribution in [1.82, 2.24) is 0 Å². The van der Waals surface area contributed by atoms with E-state index in [2.05, 4.69) is 6.92 Å². The van der Waals surface area contributed by atoms with E-state index in [1.165, 1.54) is 7.11 Å². The van der Waals surface area contributed by atoms with Crippen molar-refractivity contribution in [3.8, 4) is 0 Å². The van der Waals surface area contributed by atoms with Crippen LogP contribution in [0.3, 0.4) is 0 Å². The maximum Gasteiger partial charge on any atom is 0.186 e. The maximum atomic E-state index is 9.65. The second kappa shape index (κ2) is 11.6. The molecule has 0 fully saturated rings. The van der Waals surface area contributed by atoms with Crippen LogP contribution in [0.4, 0.5) is 0 Å². The van der Waals surface area contributed by atoms with Gasteiger partial charge in [-0.15, -0.1) is 0 Å². The Kier molecular flexibility index (Phi) is 11.4. The molecular weight excluding hydrogens is 252 g/mol. The van der Waals surface area contributed by atoms with Crippen LogP contribution in [0.5, 0.6) is 0 Å². The van der Waals surface area contributed by atoms with E-state index in [9.17, 15) is 10.2 Å². The van der Waals surface area contributed by atoms with Gasteiger partial charge in [0, 0.05) is 13.7 Å². The van der Waals surface area contributed by atoms with Crippen molar-refractivity contribution in [2.75, 3.05) is 20.3 Å². The SMILES string of the molecule is CCCCOC(C)OC(CO)OC(OC)C(O)CC. The fourth-order valence-corrected chi connectivity index (χ4v) is 1.41. The Morgan fingerprint density at radius 2 is 1.84 bits per heavy atom. The van der Waals surface area contributed by atoms with Gasteiger partial charge in [0.25, 0.3) is 0 Å². The Hall–Kier alpha value is -0.240. The van der Waals surface area contributed by atoms with Crippen molar-refractivity contribution in [1.29, 1.82) is 0 Å². The molecule has 0 aromatic rings. The molecule has 19 heavy (non-hydrogen) atoms. The summed E-state index contributed by atoms with van der Waals surface area (Å²) >= 11 is 0. The summed E-state index contributed by atoms with van der Waals surface area (Å²) in [6, 6.07) is 0. The predicted octanol–water partition coefficient (Wildman–Crippen LogP) is 1.24. The van der Waals surface area contributed by atoms with E-state index >= 15 is 0 Å². The Morgan fingerprint density at radius 3 is 2.32 bits per heavy atom. The number of rotatable bonds is 12. The number of methoxy groups -OCH3 is 1. The monoisotopic (exact) mass is 280 g/mol. The highest BCUT2D eigenvalue weighted by atomic mass is 16.8. The Balaban J connectivity index is 4.10. The number of hydrogen-bond acceptors (Lipinski definition) is 6. The van der Waals surface area contributed by atoms with Gasteiger partial charge < -0.3 is 29.2 Å². The third-order valence-electron chi connectivity index (χ3n) is 2.59. The van der Waals surface area contributed by atoms with Crippen LogP contribution in [0, 0.1) is 0 Å². The molecule has 116 valence electrons. The van der Waals surface area contributed by atoms with Crippen LogP contribution in [0.2, 0.25) is 0 Å². The van der Waals surface area contributed by atoms with Gasteiger partial charge in [-0.05, 0) is 19.8 Å². The molecule has 0 bridgehead atoms. The van der Waals surface area contributed by atoms with Gasteiger partial charge in [-0.2, -0.15) is 0 Å². The zero-order valence-electron chi connectivity index (χ0n) is 12.4. The van der Waals surface area contributed by atoms with Crippen LogP contribution in [0.1, 0.15) is 40.0 Å². The lowest BCUT2D eigenvalue weighted by molar-refractivity contribution is -0.309. The smallest absolute Gasteiger partial charge is 0.186 e. The van der Waals surface area contributed by atoms with Crippen molar-refractivity contribution in [2.24, 2.45) is 0 Å². The molecule has 0 rings (SSSR count). The van der Waals surface area contributed by atoms with Gasteiger partial charge in [-0.1, -0.05) is 20.3 Å². The molecule has 0 aliphatic carbocycles. The van der Waals surface area contributed by atoms with Crippen LogP contribution in [-0.2, 0) is 18.9 Å². The third-order valence-corrected chi connectivity index (χ3v) is 2.59. The molecule has 0 saturated heterocycles. The van der Waals surface area contributed by atoms with Crippen LogP contribution in [0.15, 0.2) is 0 Å². The third kappa shape index (κ3) is 8.52. The average molecular weight is 280 g/mol. The Morgan fingerprint density at radius 1 is 1.16 bits per heavy atom. The summed E-state index contributed by atoms with van der Waals surface area (Å²) in [5, 5.41) is 18.9. The van der Waals surface area contributed by atoms with E-state index in [0.717, 1.165) is 12.8 Å². The minimum atomic E-state index is -0.886. The van der Waals surface area contributed by atoms with Gasteiger partial charge in [0.2, 0.25) is 0 Å². The van der Waals surface area contributed by atoms with E-state index in [1.807, 2.05) is 6.92 Å². The number of unbranched alkanes of at least 4 members (excludes halogenated alkanes) is 1. The van der Waals surface area contributed by atoms with E-state index in [-0.39, 0.29) is 6.61 Å². The van der Waals surface area contributed by atoms with Crippen molar-refractivity contribution in [3.63, 3.8) is 0 Å². The largest absolute Gasteiger partial charge is 0.391 e. The summed E-state index contributed by atoms with van der Waals surface area (Å²) in [6.07, 6.45) is -0.486. The minimum absolute atomic E-state index is 0.336. The first-order chi connectivity index (χ1) is 9.08. The molecule has 0 heterocycles. The highest BCUT2D eigenvalue weighted by molar-refractivity contribution is 4.58. The van der Waals surface area contributed by atoms with E-state index in [1.54, 1.807) is 6.92 Å². The van der Waals surface area contributed by atoms with E-state index in [4.69, 9.17) is 18.9 Å². The topological polar surface area (TPSA) is 77.4 Å². The van der Waals surface area contributed by atoms with Crippen molar-refractivity contribution >= 4 is 0 Å². The summed E-state index contributed by atoms with van der Waals surface area (Å²) in [4.78, 5) is 0. The lowest BCUT2D eigenvalue weighted by Gasteiger charge is -2.27. The molecule has 2 N–H and O–H groups in total. The number of hydrogen-bond donors (Lipinski definition) is 2. The highest BCUT2D eigenvalue weighted by Crippen LogP contribution is 2.11. The number of ether oxygens (including phenoxy) is 4. The maximum absolute atomic E-state index is 9.65. The Bertz CT molecular complexity index is 202. The summed E-state index contributed by atoms with van der Waals surface area (Å²) < 4.78 is 21.2. The van der Waals surface area contributed by atoms with Gasteiger partial charge in [0.05, 0.1) is 6.61 Å². The molecule has 0 aromatic heterocycles. The van der Waals surface area contributed by atoms with Crippen molar-refractivity contribution < 1.29 is 29.2 Å². The van der Waals surface area contributed by atoms with Gasteiger partial charge in [0.15, 0.2) is 18.9 Å². The standard InChI is InChI=1S/C13H28O6/c1-5-7-8-17-10(3)18-12(9-14)19-13(16-4)11(15)6-2/h10-15H,5-9H2,1-4H3. The normalized spacial score (nSPS) is 18.0. The fraction of sp³-hybridized carbons (Fsp3) is 1.00. The lowest BCUT2D eigenvalue weighted by atomic mass is 10.3. The summed E-state index contributed by atoms with van der Waals surface area (Å²) in [7, 11) is 1.43. The van der Waals surface area contributed by atoms with Crippen LogP contribution < -0.4 is 0 Å². The predicted molar refractivity (Wildman–Crippen MR) is 70.5 cm³/mol. The summed E-state index contributed by atoms with van der Waals surface area (Å²) in [5.74, 6) is 0. The first kappa shape index (κ1) is 18.8. The van der Waals surface area contributed by atoms with Crippen LogP contribution in [-0.4, -0.2) is 55.5 Å². The van der Waals surface area contributed by atoms with Gasteiger partial charge in [0.1, 0.15) is 6.10 Å². The molecule has 0 saturated carbocycles. The number of aliphatic hydroxyl groups excluding tert-OH is 2. The second-order valence-electron chi connectivity index (χ2n) is 4.26.